The molecule has 0 aliphatic heterocycles. The van der Waals surface area contributed by atoms with Gasteiger partial charge in [0.1, 0.15) is 11.8 Å². The summed E-state index contributed by atoms with van der Waals surface area (Å²) in [7, 11) is 0. The highest BCUT2D eigenvalue weighted by atomic mass is 15.2. The van der Waals surface area contributed by atoms with Gasteiger partial charge >= 0.3 is 0 Å². The number of rotatable bonds is 10. The minimum atomic E-state index is 0.840. The first-order chi connectivity index (χ1) is 10.3. The van der Waals surface area contributed by atoms with Crippen molar-refractivity contribution >= 4 is 16.9 Å². The molecule has 2 aromatic rings. The van der Waals surface area contributed by atoms with E-state index in [0.717, 1.165) is 29.1 Å². The van der Waals surface area contributed by atoms with Crippen molar-refractivity contribution < 1.29 is 0 Å². The molecule has 0 saturated carbocycles. The number of aryl methyl sites for hydroxylation is 1. The Hall–Kier alpha value is -1.65. The van der Waals surface area contributed by atoms with Crippen molar-refractivity contribution in [1.82, 2.24) is 20.2 Å². The van der Waals surface area contributed by atoms with Crippen molar-refractivity contribution in [2.75, 3.05) is 11.9 Å². The number of nitrogens with one attached hydrogen (secondary N) is 2. The number of hydrogen-bond donors (Lipinski definition) is 2. The maximum atomic E-state index is 4.28. The van der Waals surface area contributed by atoms with Crippen LogP contribution >= 0.6 is 0 Å². The molecule has 0 radical (unpaired) electrons. The molecule has 2 rings (SSSR count). The topological polar surface area (TPSA) is 66.5 Å². The molecule has 0 spiro atoms. The average Bonchev–Trinajstić information content (AvgIpc) is 2.88. The first-order valence-electron chi connectivity index (χ1n) is 8.22. The molecule has 0 aromatic carbocycles. The minimum absolute atomic E-state index is 0.840. The quantitative estimate of drug-likeness (QED) is 0.643. The normalized spacial score (nSPS) is 11.1. The molecule has 116 valence electrons. The lowest BCUT2D eigenvalue weighted by atomic mass is 10.1. The molecule has 0 unspecified atom stereocenters. The predicted octanol–water partition coefficient (Wildman–Crippen LogP) is 4.21. The number of nitrogens with zero attached hydrogens (tertiary/aromatic N) is 3. The molecule has 2 N–H and O–H groups in total. The van der Waals surface area contributed by atoms with Gasteiger partial charge in [-0.1, -0.05) is 51.9 Å². The second-order valence-electron chi connectivity index (χ2n) is 5.67. The Balaban J connectivity index is 1.64. The lowest BCUT2D eigenvalue weighted by Gasteiger charge is -2.05. The maximum Gasteiger partial charge on any atom is 0.157 e. The Morgan fingerprint density at radius 3 is 2.43 bits per heavy atom. The third-order valence-corrected chi connectivity index (χ3v) is 3.84. The number of fused-ring (bicyclic) bond motifs is 1. The molecule has 0 amide bonds. The lowest BCUT2D eigenvalue weighted by Crippen LogP contribution is -2.04. The SMILES string of the molecule is CCCCCCCCCCNc1ncnc2c(C)[nH]nc12. The molecule has 2 aromatic heterocycles. The molecule has 2 heterocycles. The Labute approximate surface area is 127 Å². The molecular weight excluding hydrogens is 262 g/mol. The van der Waals surface area contributed by atoms with Crippen molar-refractivity contribution in [3.63, 3.8) is 0 Å². The van der Waals surface area contributed by atoms with Gasteiger partial charge in [-0.25, -0.2) is 9.97 Å². The number of H-pyrrole nitrogens is 1. The number of unbranched alkanes of at least 4 members (excludes halogenated alkanes) is 7. The van der Waals surface area contributed by atoms with Crippen LogP contribution in [0.5, 0.6) is 0 Å². The third kappa shape index (κ3) is 4.69. The van der Waals surface area contributed by atoms with Crippen LogP contribution in [-0.2, 0) is 0 Å². The molecule has 5 nitrogen and oxygen atoms in total. The van der Waals surface area contributed by atoms with Gasteiger partial charge in [0.15, 0.2) is 11.3 Å². The third-order valence-electron chi connectivity index (χ3n) is 3.84. The zero-order valence-electron chi connectivity index (χ0n) is 13.3. The van der Waals surface area contributed by atoms with Crippen LogP contribution < -0.4 is 5.32 Å². The summed E-state index contributed by atoms with van der Waals surface area (Å²) < 4.78 is 0. The highest BCUT2D eigenvalue weighted by molar-refractivity contribution is 5.86. The smallest absolute Gasteiger partial charge is 0.157 e. The Kier molecular flexibility index (Phi) is 6.44. The van der Waals surface area contributed by atoms with Crippen molar-refractivity contribution in [3.05, 3.63) is 12.0 Å². The van der Waals surface area contributed by atoms with E-state index in [1.807, 2.05) is 6.92 Å². The van der Waals surface area contributed by atoms with Crippen LogP contribution in [0, 0.1) is 6.92 Å². The Morgan fingerprint density at radius 2 is 1.67 bits per heavy atom. The van der Waals surface area contributed by atoms with Crippen LogP contribution in [-0.4, -0.2) is 26.7 Å². The van der Waals surface area contributed by atoms with E-state index < -0.39 is 0 Å². The van der Waals surface area contributed by atoms with Crippen LogP contribution in [0.4, 0.5) is 5.82 Å². The molecular formula is C16H27N5. The summed E-state index contributed by atoms with van der Waals surface area (Å²) in [5, 5.41) is 10.6. The van der Waals surface area contributed by atoms with Gasteiger partial charge in [0.25, 0.3) is 0 Å². The second-order valence-corrected chi connectivity index (χ2v) is 5.67. The maximum absolute atomic E-state index is 4.28. The van der Waals surface area contributed by atoms with Gasteiger partial charge in [-0.15, -0.1) is 0 Å². The van der Waals surface area contributed by atoms with E-state index in [4.69, 9.17) is 0 Å². The zero-order chi connectivity index (χ0) is 14.9. The Bertz CT molecular complexity index is 534. The molecule has 0 atom stereocenters. The minimum Gasteiger partial charge on any atom is -0.368 e. The van der Waals surface area contributed by atoms with Gasteiger partial charge in [0, 0.05) is 6.54 Å². The lowest BCUT2D eigenvalue weighted by molar-refractivity contribution is 0.581. The van der Waals surface area contributed by atoms with Crippen LogP contribution in [0.2, 0.25) is 0 Å². The monoisotopic (exact) mass is 289 g/mol. The van der Waals surface area contributed by atoms with Crippen LogP contribution in [0.15, 0.2) is 6.33 Å². The number of aromatic nitrogens is 4. The number of aromatic amines is 1. The highest BCUT2D eigenvalue weighted by Crippen LogP contribution is 2.18. The first kappa shape index (κ1) is 15.7. The molecule has 21 heavy (non-hydrogen) atoms. The van der Waals surface area contributed by atoms with E-state index in [2.05, 4.69) is 32.4 Å². The van der Waals surface area contributed by atoms with E-state index in [0.29, 0.717) is 0 Å². The molecule has 0 fully saturated rings. The van der Waals surface area contributed by atoms with E-state index in [9.17, 15) is 0 Å². The van der Waals surface area contributed by atoms with Gasteiger partial charge in [-0.2, -0.15) is 5.10 Å². The standard InChI is InChI=1S/C16H27N5/c1-3-4-5-6-7-8-9-10-11-17-16-15-14(18-12-19-16)13(2)20-21-15/h12H,3-11H2,1-2H3,(H,20,21)(H,17,18,19). The summed E-state index contributed by atoms with van der Waals surface area (Å²) in [6.07, 6.45) is 12.3. The van der Waals surface area contributed by atoms with Crippen molar-refractivity contribution in [1.29, 1.82) is 0 Å². The van der Waals surface area contributed by atoms with Crippen LogP contribution in [0.3, 0.4) is 0 Å². The zero-order valence-corrected chi connectivity index (χ0v) is 13.3. The van der Waals surface area contributed by atoms with E-state index in [-0.39, 0.29) is 0 Å². The first-order valence-corrected chi connectivity index (χ1v) is 8.22. The van der Waals surface area contributed by atoms with Gasteiger partial charge in [-0.05, 0) is 13.3 Å². The molecule has 0 aliphatic carbocycles. The highest BCUT2D eigenvalue weighted by Gasteiger charge is 2.08. The van der Waals surface area contributed by atoms with Crippen LogP contribution in [0.25, 0.3) is 11.0 Å². The number of anilines is 1. The Morgan fingerprint density at radius 1 is 0.952 bits per heavy atom. The largest absolute Gasteiger partial charge is 0.368 e. The van der Waals surface area contributed by atoms with Gasteiger partial charge < -0.3 is 5.32 Å². The number of hydrogen-bond acceptors (Lipinski definition) is 4. The van der Waals surface area contributed by atoms with Crippen molar-refractivity contribution in [2.24, 2.45) is 0 Å². The molecule has 0 saturated heterocycles. The van der Waals surface area contributed by atoms with E-state index in [1.54, 1.807) is 6.33 Å². The summed E-state index contributed by atoms with van der Waals surface area (Å²) in [4.78, 5) is 8.53. The summed E-state index contributed by atoms with van der Waals surface area (Å²) in [6.45, 7) is 5.19. The molecule has 0 bridgehead atoms. The fourth-order valence-corrected chi connectivity index (χ4v) is 2.55. The van der Waals surface area contributed by atoms with E-state index in [1.165, 1.54) is 51.4 Å². The fraction of sp³-hybridized carbons (Fsp3) is 0.688. The predicted molar refractivity (Wildman–Crippen MR) is 87.5 cm³/mol. The van der Waals surface area contributed by atoms with Crippen LogP contribution in [0.1, 0.15) is 64.0 Å². The second kappa shape index (κ2) is 8.60. The van der Waals surface area contributed by atoms with Gasteiger partial charge in [-0.3, -0.25) is 5.10 Å². The van der Waals surface area contributed by atoms with Gasteiger partial charge in [0.05, 0.1) is 5.69 Å². The van der Waals surface area contributed by atoms with Gasteiger partial charge in [0.2, 0.25) is 0 Å². The summed E-state index contributed by atoms with van der Waals surface area (Å²) in [5.41, 5.74) is 2.74. The molecule has 0 aliphatic rings. The van der Waals surface area contributed by atoms with Crippen molar-refractivity contribution in [2.45, 2.75) is 65.2 Å². The summed E-state index contributed by atoms with van der Waals surface area (Å²) in [6, 6.07) is 0. The summed E-state index contributed by atoms with van der Waals surface area (Å²) in [5.74, 6) is 0.840. The summed E-state index contributed by atoms with van der Waals surface area (Å²) >= 11 is 0. The fourth-order valence-electron chi connectivity index (χ4n) is 2.55. The van der Waals surface area contributed by atoms with E-state index >= 15 is 0 Å². The van der Waals surface area contributed by atoms with Crippen molar-refractivity contribution in [3.8, 4) is 0 Å². The molecule has 5 heteroatoms. The average molecular weight is 289 g/mol.